The lowest BCUT2D eigenvalue weighted by molar-refractivity contribution is -0.140. The number of hydrogen-bond donors (Lipinski definition) is 2. The fraction of sp³-hybridized carbons (Fsp3) is 0.231. The summed E-state index contributed by atoms with van der Waals surface area (Å²) in [4.78, 5) is 23.0. The molecular weight excluding hydrogens is 244 g/mol. The zero-order valence-corrected chi connectivity index (χ0v) is 10.4. The van der Waals surface area contributed by atoms with E-state index in [0.29, 0.717) is 12.5 Å². The molecule has 2 N–H and O–H groups in total. The molecule has 0 amide bonds. The molecule has 2 aromatic rings. The van der Waals surface area contributed by atoms with Crippen LogP contribution in [0.15, 0.2) is 36.9 Å². The quantitative estimate of drug-likeness (QED) is 0.848. The van der Waals surface area contributed by atoms with Gasteiger partial charge in [0.25, 0.3) is 0 Å². The molecule has 1 unspecified atom stereocenters. The number of nitrogens with one attached hydrogen (secondary N) is 1. The summed E-state index contributed by atoms with van der Waals surface area (Å²) in [5.74, 6) is -0.915. The molecule has 6 heteroatoms. The molecule has 0 bridgehead atoms. The van der Waals surface area contributed by atoms with Crippen molar-refractivity contribution in [1.82, 2.24) is 15.0 Å². The Kier molecular flexibility index (Phi) is 4.02. The van der Waals surface area contributed by atoms with Crippen LogP contribution in [0.3, 0.4) is 0 Å². The first kappa shape index (κ1) is 12.9. The molecule has 0 aliphatic rings. The number of aromatic nitrogens is 3. The maximum atomic E-state index is 10.7. The average molecular weight is 258 g/mol. The van der Waals surface area contributed by atoms with Crippen molar-refractivity contribution in [3.8, 4) is 11.1 Å². The van der Waals surface area contributed by atoms with Crippen LogP contribution < -0.4 is 5.32 Å². The van der Waals surface area contributed by atoms with Gasteiger partial charge in [-0.1, -0.05) is 13.0 Å². The van der Waals surface area contributed by atoms with E-state index in [9.17, 15) is 4.79 Å². The van der Waals surface area contributed by atoms with Crippen molar-refractivity contribution >= 4 is 11.9 Å². The minimum atomic E-state index is -0.848. The SMILES string of the molecule is CC(CNc1ncc(-c2cccnc2)cn1)C(=O)O. The van der Waals surface area contributed by atoms with E-state index in [1.165, 1.54) is 0 Å². The number of carboxylic acid groups (broad SMARTS) is 1. The smallest absolute Gasteiger partial charge is 0.308 e. The molecule has 0 aliphatic carbocycles. The summed E-state index contributed by atoms with van der Waals surface area (Å²) in [5.41, 5.74) is 1.80. The van der Waals surface area contributed by atoms with E-state index < -0.39 is 11.9 Å². The zero-order chi connectivity index (χ0) is 13.7. The summed E-state index contributed by atoms with van der Waals surface area (Å²) in [7, 11) is 0. The van der Waals surface area contributed by atoms with Crippen LogP contribution in [0.25, 0.3) is 11.1 Å². The Morgan fingerprint density at radius 3 is 2.63 bits per heavy atom. The van der Waals surface area contributed by atoms with Gasteiger partial charge in [0.1, 0.15) is 0 Å². The van der Waals surface area contributed by atoms with Gasteiger partial charge in [0.15, 0.2) is 0 Å². The van der Waals surface area contributed by atoms with Gasteiger partial charge in [0.05, 0.1) is 5.92 Å². The third-order valence-corrected chi connectivity index (χ3v) is 2.63. The van der Waals surface area contributed by atoms with Crippen LogP contribution >= 0.6 is 0 Å². The highest BCUT2D eigenvalue weighted by Crippen LogP contribution is 2.16. The van der Waals surface area contributed by atoms with Crippen molar-refractivity contribution in [1.29, 1.82) is 0 Å². The molecule has 98 valence electrons. The van der Waals surface area contributed by atoms with Crippen LogP contribution in [0.2, 0.25) is 0 Å². The van der Waals surface area contributed by atoms with E-state index in [4.69, 9.17) is 5.11 Å². The second-order valence-electron chi connectivity index (χ2n) is 4.16. The van der Waals surface area contributed by atoms with Crippen molar-refractivity contribution in [2.45, 2.75) is 6.92 Å². The molecule has 0 aliphatic heterocycles. The highest BCUT2D eigenvalue weighted by molar-refractivity contribution is 5.70. The lowest BCUT2D eigenvalue weighted by Crippen LogP contribution is -2.20. The number of pyridine rings is 1. The summed E-state index contributed by atoms with van der Waals surface area (Å²) in [6.45, 7) is 1.92. The first-order valence-electron chi connectivity index (χ1n) is 5.86. The maximum absolute atomic E-state index is 10.7. The topological polar surface area (TPSA) is 88.0 Å². The number of aliphatic carboxylic acids is 1. The van der Waals surface area contributed by atoms with Crippen molar-refractivity contribution in [2.24, 2.45) is 5.92 Å². The van der Waals surface area contributed by atoms with E-state index in [1.54, 1.807) is 31.7 Å². The fourth-order valence-electron chi connectivity index (χ4n) is 1.43. The zero-order valence-electron chi connectivity index (χ0n) is 10.4. The van der Waals surface area contributed by atoms with Crippen LogP contribution in [-0.4, -0.2) is 32.6 Å². The van der Waals surface area contributed by atoms with E-state index in [1.807, 2.05) is 12.1 Å². The van der Waals surface area contributed by atoms with E-state index in [-0.39, 0.29) is 0 Å². The molecule has 0 aromatic carbocycles. The molecule has 0 spiro atoms. The Morgan fingerprint density at radius 2 is 2.05 bits per heavy atom. The molecule has 2 aromatic heterocycles. The van der Waals surface area contributed by atoms with Crippen LogP contribution in [-0.2, 0) is 4.79 Å². The molecule has 0 radical (unpaired) electrons. The van der Waals surface area contributed by atoms with E-state index in [0.717, 1.165) is 11.1 Å². The Bertz CT molecular complexity index is 542. The summed E-state index contributed by atoms with van der Waals surface area (Å²) in [6.07, 6.45) is 6.79. The monoisotopic (exact) mass is 258 g/mol. The first-order valence-corrected chi connectivity index (χ1v) is 5.86. The molecule has 0 fully saturated rings. The molecule has 2 heterocycles. The fourth-order valence-corrected chi connectivity index (χ4v) is 1.43. The Morgan fingerprint density at radius 1 is 1.32 bits per heavy atom. The third kappa shape index (κ3) is 3.48. The average Bonchev–Trinajstić information content (AvgIpc) is 2.46. The van der Waals surface area contributed by atoms with Crippen LogP contribution in [0.5, 0.6) is 0 Å². The van der Waals surface area contributed by atoms with E-state index in [2.05, 4.69) is 20.3 Å². The normalized spacial score (nSPS) is 11.8. The molecule has 19 heavy (non-hydrogen) atoms. The number of carbonyl (C=O) groups is 1. The highest BCUT2D eigenvalue weighted by atomic mass is 16.4. The maximum Gasteiger partial charge on any atom is 0.308 e. The second kappa shape index (κ2) is 5.90. The van der Waals surface area contributed by atoms with Crippen molar-refractivity contribution in [3.05, 3.63) is 36.9 Å². The number of nitrogens with zero attached hydrogens (tertiary/aromatic N) is 3. The second-order valence-corrected chi connectivity index (χ2v) is 4.16. The summed E-state index contributed by atoms with van der Waals surface area (Å²) < 4.78 is 0. The van der Waals surface area contributed by atoms with Gasteiger partial charge in [0.2, 0.25) is 5.95 Å². The van der Waals surface area contributed by atoms with E-state index >= 15 is 0 Å². The lowest BCUT2D eigenvalue weighted by atomic mass is 10.2. The molecule has 2 rings (SSSR count). The van der Waals surface area contributed by atoms with Crippen molar-refractivity contribution in [3.63, 3.8) is 0 Å². The van der Waals surface area contributed by atoms with Crippen LogP contribution in [0.1, 0.15) is 6.92 Å². The minimum absolute atomic E-state index is 0.293. The van der Waals surface area contributed by atoms with Gasteiger partial charge in [-0.15, -0.1) is 0 Å². The van der Waals surface area contributed by atoms with Crippen LogP contribution in [0.4, 0.5) is 5.95 Å². The van der Waals surface area contributed by atoms with Gasteiger partial charge in [-0.2, -0.15) is 0 Å². The van der Waals surface area contributed by atoms with Crippen molar-refractivity contribution in [2.75, 3.05) is 11.9 Å². The van der Waals surface area contributed by atoms with Gasteiger partial charge < -0.3 is 10.4 Å². The summed E-state index contributed by atoms with van der Waals surface area (Å²) in [5, 5.41) is 11.7. The number of hydrogen-bond acceptors (Lipinski definition) is 5. The molecule has 1 atom stereocenters. The number of anilines is 1. The van der Waals surface area contributed by atoms with Crippen LogP contribution in [0, 0.1) is 5.92 Å². The summed E-state index contributed by atoms with van der Waals surface area (Å²) >= 11 is 0. The van der Waals surface area contributed by atoms with Gasteiger partial charge >= 0.3 is 5.97 Å². The van der Waals surface area contributed by atoms with Gasteiger partial charge in [-0.3, -0.25) is 9.78 Å². The minimum Gasteiger partial charge on any atom is -0.481 e. The molecule has 6 nitrogen and oxygen atoms in total. The Labute approximate surface area is 110 Å². The highest BCUT2D eigenvalue weighted by Gasteiger charge is 2.10. The lowest BCUT2D eigenvalue weighted by Gasteiger charge is -2.08. The summed E-state index contributed by atoms with van der Waals surface area (Å²) in [6, 6.07) is 3.77. The standard InChI is InChI=1S/C13H14N4O2/c1-9(12(18)19)5-15-13-16-7-11(8-17-13)10-3-2-4-14-6-10/h2-4,6-9H,5H2,1H3,(H,18,19)(H,15,16,17). The molecular formula is C13H14N4O2. The van der Waals surface area contributed by atoms with Gasteiger partial charge in [-0.25, -0.2) is 9.97 Å². The predicted molar refractivity (Wildman–Crippen MR) is 70.6 cm³/mol. The Hall–Kier alpha value is -2.50. The number of rotatable bonds is 5. The van der Waals surface area contributed by atoms with Gasteiger partial charge in [-0.05, 0) is 6.07 Å². The first-order chi connectivity index (χ1) is 9.16. The Balaban J connectivity index is 2.01. The molecule has 0 saturated carbocycles. The largest absolute Gasteiger partial charge is 0.481 e. The molecule has 0 saturated heterocycles. The van der Waals surface area contributed by atoms with Gasteiger partial charge in [0, 0.05) is 42.5 Å². The van der Waals surface area contributed by atoms with Crippen molar-refractivity contribution < 1.29 is 9.90 Å². The third-order valence-electron chi connectivity index (χ3n) is 2.63. The number of carboxylic acids is 1. The predicted octanol–water partition coefficient (Wildman–Crippen LogP) is 1.67.